The van der Waals surface area contributed by atoms with Crippen molar-refractivity contribution in [1.82, 2.24) is 15.5 Å². The molecule has 1 rings (SSSR count). The van der Waals surface area contributed by atoms with Gasteiger partial charge in [-0.25, -0.2) is 0 Å². The molecule has 1 N–H and O–H groups in total. The van der Waals surface area contributed by atoms with Crippen LogP contribution in [0.1, 0.15) is 57.1 Å². The van der Waals surface area contributed by atoms with Gasteiger partial charge in [0.25, 0.3) is 0 Å². The summed E-state index contributed by atoms with van der Waals surface area (Å²) in [6.07, 6.45) is 2.07. The Kier molecular flexibility index (Phi) is 4.87. The van der Waals surface area contributed by atoms with Gasteiger partial charge in [-0.15, -0.1) is 10.2 Å². The van der Waals surface area contributed by atoms with E-state index in [1.807, 2.05) is 0 Å². The fraction of sp³-hybridized carbons (Fsp3) is 0.833. The van der Waals surface area contributed by atoms with E-state index in [1.54, 1.807) is 11.3 Å². The molecular formula is C12H23N3S. The Bertz CT molecular complexity index is 314. The zero-order valence-electron chi connectivity index (χ0n) is 11.0. The highest BCUT2D eigenvalue weighted by Crippen LogP contribution is 2.26. The molecule has 0 saturated carbocycles. The Morgan fingerprint density at radius 1 is 1.25 bits per heavy atom. The van der Waals surface area contributed by atoms with E-state index in [0.717, 1.165) is 29.4 Å². The first-order valence-corrected chi connectivity index (χ1v) is 6.83. The van der Waals surface area contributed by atoms with Crippen LogP contribution in [0.3, 0.4) is 0 Å². The molecule has 0 aliphatic carbocycles. The minimum absolute atomic E-state index is 0.288. The molecule has 1 heterocycles. The Balaban J connectivity index is 2.69. The summed E-state index contributed by atoms with van der Waals surface area (Å²) >= 11 is 1.75. The Morgan fingerprint density at radius 2 is 1.94 bits per heavy atom. The van der Waals surface area contributed by atoms with Gasteiger partial charge < -0.3 is 5.32 Å². The summed E-state index contributed by atoms with van der Waals surface area (Å²) in [5, 5.41) is 14.3. The monoisotopic (exact) mass is 241 g/mol. The lowest BCUT2D eigenvalue weighted by molar-refractivity contribution is 0.409. The van der Waals surface area contributed by atoms with E-state index in [-0.39, 0.29) is 5.41 Å². The van der Waals surface area contributed by atoms with Crippen LogP contribution in [0.25, 0.3) is 0 Å². The van der Waals surface area contributed by atoms with Crippen molar-refractivity contribution in [3.05, 3.63) is 10.0 Å². The van der Waals surface area contributed by atoms with Crippen molar-refractivity contribution in [1.29, 1.82) is 0 Å². The van der Waals surface area contributed by atoms with Crippen LogP contribution in [-0.4, -0.2) is 16.7 Å². The molecular weight excluding hydrogens is 218 g/mol. The fourth-order valence-electron chi connectivity index (χ4n) is 1.59. The topological polar surface area (TPSA) is 37.8 Å². The molecule has 92 valence electrons. The zero-order chi connectivity index (χ0) is 12.2. The SMILES string of the molecule is CCNC(CC)c1nnc(CC(C)(C)C)s1. The van der Waals surface area contributed by atoms with E-state index >= 15 is 0 Å². The molecule has 0 spiro atoms. The van der Waals surface area contributed by atoms with Crippen molar-refractivity contribution >= 4 is 11.3 Å². The van der Waals surface area contributed by atoms with Crippen LogP contribution >= 0.6 is 11.3 Å². The number of nitrogens with one attached hydrogen (secondary N) is 1. The second kappa shape index (κ2) is 5.73. The molecule has 0 radical (unpaired) electrons. The van der Waals surface area contributed by atoms with Gasteiger partial charge in [0.2, 0.25) is 0 Å². The normalized spacial score (nSPS) is 14.1. The van der Waals surface area contributed by atoms with Crippen molar-refractivity contribution < 1.29 is 0 Å². The van der Waals surface area contributed by atoms with E-state index in [0.29, 0.717) is 6.04 Å². The van der Waals surface area contributed by atoms with Gasteiger partial charge in [0.15, 0.2) is 0 Å². The van der Waals surface area contributed by atoms with E-state index < -0.39 is 0 Å². The Hall–Kier alpha value is -0.480. The van der Waals surface area contributed by atoms with Gasteiger partial charge >= 0.3 is 0 Å². The molecule has 0 saturated heterocycles. The van der Waals surface area contributed by atoms with Crippen LogP contribution in [0.4, 0.5) is 0 Å². The molecule has 0 bridgehead atoms. The maximum Gasteiger partial charge on any atom is 0.134 e. The second-order valence-corrected chi connectivity index (χ2v) is 6.38. The highest BCUT2D eigenvalue weighted by atomic mass is 32.1. The van der Waals surface area contributed by atoms with E-state index in [2.05, 4.69) is 50.1 Å². The third kappa shape index (κ3) is 4.18. The second-order valence-electron chi connectivity index (χ2n) is 5.29. The minimum atomic E-state index is 0.288. The summed E-state index contributed by atoms with van der Waals surface area (Å²) in [5.41, 5.74) is 0.288. The van der Waals surface area contributed by atoms with Crippen molar-refractivity contribution in [2.24, 2.45) is 5.41 Å². The van der Waals surface area contributed by atoms with Crippen LogP contribution in [0.2, 0.25) is 0 Å². The van der Waals surface area contributed by atoms with Gasteiger partial charge in [0, 0.05) is 6.42 Å². The highest BCUT2D eigenvalue weighted by molar-refractivity contribution is 7.11. The maximum atomic E-state index is 4.30. The number of hydrogen-bond donors (Lipinski definition) is 1. The van der Waals surface area contributed by atoms with E-state index in [1.165, 1.54) is 0 Å². The molecule has 0 aliphatic heterocycles. The summed E-state index contributed by atoms with van der Waals surface area (Å²) < 4.78 is 0. The molecule has 0 fully saturated rings. The number of nitrogens with zero attached hydrogens (tertiary/aromatic N) is 2. The number of rotatable bonds is 5. The first kappa shape index (κ1) is 13.6. The predicted molar refractivity (Wildman–Crippen MR) is 69.8 cm³/mol. The lowest BCUT2D eigenvalue weighted by Gasteiger charge is -2.15. The number of aromatic nitrogens is 2. The van der Waals surface area contributed by atoms with Crippen LogP contribution in [0.5, 0.6) is 0 Å². The van der Waals surface area contributed by atoms with Crippen molar-refractivity contribution in [2.45, 2.75) is 53.5 Å². The fourth-order valence-corrected chi connectivity index (χ4v) is 2.89. The molecule has 0 aromatic carbocycles. The first-order valence-electron chi connectivity index (χ1n) is 6.02. The summed E-state index contributed by atoms with van der Waals surface area (Å²) in [6.45, 7) is 12.0. The molecule has 1 atom stereocenters. The largest absolute Gasteiger partial charge is 0.308 e. The van der Waals surface area contributed by atoms with Gasteiger partial charge in [-0.1, -0.05) is 46.0 Å². The molecule has 1 unspecified atom stereocenters. The summed E-state index contributed by atoms with van der Waals surface area (Å²) in [7, 11) is 0. The van der Waals surface area contributed by atoms with Crippen molar-refractivity contribution in [3.63, 3.8) is 0 Å². The molecule has 4 heteroatoms. The zero-order valence-corrected chi connectivity index (χ0v) is 11.8. The average Bonchev–Trinajstić information content (AvgIpc) is 2.59. The quantitative estimate of drug-likeness (QED) is 0.860. The first-order chi connectivity index (χ1) is 7.46. The van der Waals surface area contributed by atoms with E-state index in [4.69, 9.17) is 0 Å². The molecule has 0 amide bonds. The Labute approximate surface area is 103 Å². The van der Waals surface area contributed by atoms with Crippen LogP contribution in [0, 0.1) is 5.41 Å². The van der Waals surface area contributed by atoms with Gasteiger partial charge in [-0.05, 0) is 18.4 Å². The van der Waals surface area contributed by atoms with Crippen LogP contribution in [0.15, 0.2) is 0 Å². The molecule has 1 aromatic rings. The highest BCUT2D eigenvalue weighted by Gasteiger charge is 2.18. The van der Waals surface area contributed by atoms with Crippen molar-refractivity contribution in [3.8, 4) is 0 Å². The van der Waals surface area contributed by atoms with Crippen molar-refractivity contribution in [2.75, 3.05) is 6.54 Å². The minimum Gasteiger partial charge on any atom is -0.308 e. The standard InChI is InChI=1S/C12H23N3S/c1-6-9(13-7-2)11-15-14-10(16-11)8-12(3,4)5/h9,13H,6-8H2,1-5H3. The van der Waals surface area contributed by atoms with Gasteiger partial charge in [0.1, 0.15) is 10.0 Å². The van der Waals surface area contributed by atoms with Crippen LogP contribution in [-0.2, 0) is 6.42 Å². The summed E-state index contributed by atoms with van der Waals surface area (Å²) in [6, 6.07) is 0.371. The van der Waals surface area contributed by atoms with E-state index in [9.17, 15) is 0 Å². The lowest BCUT2D eigenvalue weighted by atomic mass is 9.93. The molecule has 0 aliphatic rings. The maximum absolute atomic E-state index is 4.30. The Morgan fingerprint density at radius 3 is 2.44 bits per heavy atom. The van der Waals surface area contributed by atoms with Crippen LogP contribution < -0.4 is 5.32 Å². The smallest absolute Gasteiger partial charge is 0.134 e. The van der Waals surface area contributed by atoms with Gasteiger partial charge in [0.05, 0.1) is 6.04 Å². The summed E-state index contributed by atoms with van der Waals surface area (Å²) in [5.74, 6) is 0. The molecule has 1 aromatic heterocycles. The lowest BCUT2D eigenvalue weighted by Crippen LogP contribution is -2.19. The third-order valence-corrected chi connectivity index (χ3v) is 3.36. The summed E-state index contributed by atoms with van der Waals surface area (Å²) in [4.78, 5) is 0. The molecule has 16 heavy (non-hydrogen) atoms. The van der Waals surface area contributed by atoms with Gasteiger partial charge in [-0.3, -0.25) is 0 Å². The average molecular weight is 241 g/mol. The molecule has 3 nitrogen and oxygen atoms in total. The van der Waals surface area contributed by atoms with Gasteiger partial charge in [-0.2, -0.15) is 0 Å². The third-order valence-electron chi connectivity index (χ3n) is 2.32. The number of hydrogen-bond acceptors (Lipinski definition) is 4. The predicted octanol–water partition coefficient (Wildman–Crippen LogP) is 3.19.